The zero-order valence-electron chi connectivity index (χ0n) is 9.70. The summed E-state index contributed by atoms with van der Waals surface area (Å²) in [4.78, 5) is 0. The van der Waals surface area contributed by atoms with Gasteiger partial charge in [-0.05, 0) is 24.1 Å². The quantitative estimate of drug-likeness (QED) is 0.699. The van der Waals surface area contributed by atoms with Crippen LogP contribution in [0.15, 0.2) is 18.2 Å². The van der Waals surface area contributed by atoms with Crippen LogP contribution >= 0.6 is 0 Å². The van der Waals surface area contributed by atoms with Crippen molar-refractivity contribution in [3.63, 3.8) is 0 Å². The average Bonchev–Trinajstić information content (AvgIpc) is 2.20. The molecule has 17 heavy (non-hydrogen) atoms. The van der Waals surface area contributed by atoms with Gasteiger partial charge in [0.25, 0.3) is 10.2 Å². The van der Waals surface area contributed by atoms with Gasteiger partial charge in [0.05, 0.1) is 11.4 Å². The number of nitrogens with two attached hydrogens (primary N) is 1. The maximum atomic E-state index is 12.8. The smallest absolute Gasteiger partial charge is 0.299 e. The summed E-state index contributed by atoms with van der Waals surface area (Å²) in [5.41, 5.74) is 5.69. The standard InChI is InChI=1S/C10H16FN3O2S/c1-7(2)6-13-17(15,16)14-10-4-3-8(11)5-9(10)12/h3-5,7,13-14H,6,12H2,1-2H3. The lowest BCUT2D eigenvalue weighted by Gasteiger charge is -2.12. The highest BCUT2D eigenvalue weighted by Gasteiger charge is 2.12. The second kappa shape index (κ2) is 5.33. The largest absolute Gasteiger partial charge is 0.397 e. The molecule has 0 saturated carbocycles. The van der Waals surface area contributed by atoms with Gasteiger partial charge in [0, 0.05) is 6.54 Å². The monoisotopic (exact) mass is 261 g/mol. The highest BCUT2D eigenvalue weighted by Crippen LogP contribution is 2.19. The number of hydrogen-bond donors (Lipinski definition) is 3. The highest BCUT2D eigenvalue weighted by molar-refractivity contribution is 7.90. The molecule has 1 aromatic carbocycles. The first-order valence-corrected chi connectivity index (χ1v) is 6.61. The first-order chi connectivity index (χ1) is 7.80. The first kappa shape index (κ1) is 13.7. The van der Waals surface area contributed by atoms with Gasteiger partial charge in [-0.15, -0.1) is 0 Å². The summed E-state index contributed by atoms with van der Waals surface area (Å²) in [6, 6.07) is 3.47. The van der Waals surface area contributed by atoms with E-state index in [4.69, 9.17) is 5.73 Å². The normalized spacial score (nSPS) is 11.8. The summed E-state index contributed by atoms with van der Waals surface area (Å²) < 4.78 is 40.5. The van der Waals surface area contributed by atoms with Gasteiger partial charge in [-0.2, -0.15) is 13.1 Å². The van der Waals surface area contributed by atoms with Gasteiger partial charge in [0.15, 0.2) is 0 Å². The third kappa shape index (κ3) is 4.58. The number of nitrogens with one attached hydrogen (secondary N) is 2. The highest BCUT2D eigenvalue weighted by atomic mass is 32.2. The van der Waals surface area contributed by atoms with Crippen molar-refractivity contribution < 1.29 is 12.8 Å². The van der Waals surface area contributed by atoms with Crippen LogP contribution in [0.1, 0.15) is 13.8 Å². The van der Waals surface area contributed by atoms with Gasteiger partial charge in [0.1, 0.15) is 5.82 Å². The lowest BCUT2D eigenvalue weighted by Crippen LogP contribution is -2.33. The minimum absolute atomic E-state index is 0.0416. The topological polar surface area (TPSA) is 84.2 Å². The van der Waals surface area contributed by atoms with Crippen LogP contribution in [-0.2, 0) is 10.2 Å². The molecule has 0 aromatic heterocycles. The minimum atomic E-state index is -3.67. The summed E-state index contributed by atoms with van der Waals surface area (Å²) in [6.07, 6.45) is 0. The van der Waals surface area contributed by atoms with Gasteiger partial charge in [-0.25, -0.2) is 4.39 Å². The van der Waals surface area contributed by atoms with Gasteiger partial charge < -0.3 is 5.73 Å². The van der Waals surface area contributed by atoms with Crippen molar-refractivity contribution in [1.82, 2.24) is 4.72 Å². The molecule has 0 aliphatic carbocycles. The van der Waals surface area contributed by atoms with Crippen LogP contribution in [-0.4, -0.2) is 15.0 Å². The number of anilines is 2. The molecular formula is C10H16FN3O2S. The molecule has 96 valence electrons. The van der Waals surface area contributed by atoms with Gasteiger partial charge in [0.2, 0.25) is 0 Å². The van der Waals surface area contributed by atoms with Crippen molar-refractivity contribution in [2.24, 2.45) is 5.92 Å². The van der Waals surface area contributed by atoms with E-state index in [0.717, 1.165) is 12.1 Å². The summed E-state index contributed by atoms with van der Waals surface area (Å²) >= 11 is 0. The third-order valence-corrected chi connectivity index (χ3v) is 2.97. The Morgan fingerprint density at radius 2 is 2.06 bits per heavy atom. The summed E-state index contributed by atoms with van der Waals surface area (Å²) in [5.74, 6) is -0.322. The third-order valence-electron chi connectivity index (χ3n) is 1.94. The maximum absolute atomic E-state index is 12.8. The first-order valence-electron chi connectivity index (χ1n) is 5.12. The number of benzene rings is 1. The fraction of sp³-hybridized carbons (Fsp3) is 0.400. The molecule has 1 aromatic rings. The van der Waals surface area contributed by atoms with Crippen LogP contribution in [0.3, 0.4) is 0 Å². The van der Waals surface area contributed by atoms with E-state index in [2.05, 4.69) is 9.44 Å². The van der Waals surface area contributed by atoms with Crippen LogP contribution in [0, 0.1) is 11.7 Å². The van der Waals surface area contributed by atoms with Gasteiger partial charge in [-0.3, -0.25) is 4.72 Å². The number of halogens is 1. The Morgan fingerprint density at radius 1 is 1.41 bits per heavy atom. The van der Waals surface area contributed by atoms with Crippen molar-refractivity contribution >= 4 is 21.6 Å². The van der Waals surface area contributed by atoms with Crippen molar-refractivity contribution in [3.8, 4) is 0 Å². The van der Waals surface area contributed by atoms with Crippen molar-refractivity contribution in [3.05, 3.63) is 24.0 Å². The molecule has 0 aliphatic heterocycles. The molecule has 0 aliphatic rings. The van der Waals surface area contributed by atoms with Crippen LogP contribution in [0.4, 0.5) is 15.8 Å². The summed E-state index contributed by atoms with van der Waals surface area (Å²) in [7, 11) is -3.67. The molecule has 0 amide bonds. The van der Waals surface area contributed by atoms with Crippen LogP contribution < -0.4 is 15.2 Å². The number of nitrogen functional groups attached to an aromatic ring is 1. The molecule has 0 heterocycles. The van der Waals surface area contributed by atoms with E-state index < -0.39 is 16.0 Å². The molecule has 0 fully saturated rings. The van der Waals surface area contributed by atoms with E-state index in [1.807, 2.05) is 13.8 Å². The Morgan fingerprint density at radius 3 is 2.59 bits per heavy atom. The Hall–Kier alpha value is -1.34. The van der Waals surface area contributed by atoms with E-state index in [9.17, 15) is 12.8 Å². The predicted octanol–water partition coefficient (Wildman–Crippen LogP) is 1.31. The fourth-order valence-corrected chi connectivity index (χ4v) is 2.18. The maximum Gasteiger partial charge on any atom is 0.299 e. The Kier molecular flexibility index (Phi) is 4.30. The van der Waals surface area contributed by atoms with Crippen molar-refractivity contribution in [2.75, 3.05) is 17.0 Å². The molecule has 0 bridgehead atoms. The van der Waals surface area contributed by atoms with E-state index >= 15 is 0 Å². The van der Waals surface area contributed by atoms with Crippen molar-refractivity contribution in [2.45, 2.75) is 13.8 Å². The van der Waals surface area contributed by atoms with E-state index in [1.165, 1.54) is 6.07 Å². The molecule has 0 radical (unpaired) electrons. The zero-order valence-corrected chi connectivity index (χ0v) is 10.5. The zero-order chi connectivity index (χ0) is 13.1. The fourth-order valence-electron chi connectivity index (χ4n) is 1.08. The van der Waals surface area contributed by atoms with Gasteiger partial charge >= 0.3 is 0 Å². The molecule has 0 unspecified atom stereocenters. The second-order valence-corrected chi connectivity index (χ2v) is 5.58. The molecule has 4 N–H and O–H groups in total. The van der Waals surface area contributed by atoms with E-state index in [-0.39, 0.29) is 17.3 Å². The molecule has 7 heteroatoms. The summed E-state index contributed by atoms with van der Waals surface area (Å²) in [6.45, 7) is 4.08. The number of rotatable bonds is 5. The van der Waals surface area contributed by atoms with Gasteiger partial charge in [-0.1, -0.05) is 13.8 Å². The lowest BCUT2D eigenvalue weighted by molar-refractivity contribution is 0.565. The predicted molar refractivity (Wildman–Crippen MR) is 66.2 cm³/mol. The summed E-state index contributed by atoms with van der Waals surface area (Å²) in [5, 5.41) is 0. The van der Waals surface area contributed by atoms with E-state index in [1.54, 1.807) is 0 Å². The van der Waals surface area contributed by atoms with Crippen molar-refractivity contribution in [1.29, 1.82) is 0 Å². The molecule has 0 saturated heterocycles. The Balaban J connectivity index is 2.76. The lowest BCUT2D eigenvalue weighted by atomic mass is 10.2. The molecule has 0 spiro atoms. The van der Waals surface area contributed by atoms with Crippen LogP contribution in [0.5, 0.6) is 0 Å². The molecular weight excluding hydrogens is 245 g/mol. The van der Waals surface area contributed by atoms with Crippen LogP contribution in [0.2, 0.25) is 0 Å². The Bertz CT molecular complexity index is 488. The average molecular weight is 261 g/mol. The number of hydrogen-bond acceptors (Lipinski definition) is 3. The molecule has 0 atom stereocenters. The second-order valence-electron chi connectivity index (χ2n) is 4.08. The Labute approximate surface area is 100 Å². The minimum Gasteiger partial charge on any atom is -0.397 e. The molecule has 1 rings (SSSR count). The van der Waals surface area contributed by atoms with E-state index in [0.29, 0.717) is 6.54 Å². The van der Waals surface area contributed by atoms with Crippen LogP contribution in [0.25, 0.3) is 0 Å². The molecule has 5 nitrogen and oxygen atoms in total. The SMILES string of the molecule is CC(C)CNS(=O)(=O)Nc1ccc(F)cc1N.